The molecule has 3 rings (SSSR count). The smallest absolute Gasteiger partial charge is 0.142 e. The third-order valence-electron chi connectivity index (χ3n) is 3.49. The summed E-state index contributed by atoms with van der Waals surface area (Å²) >= 11 is 0. The second kappa shape index (κ2) is 5.00. The van der Waals surface area contributed by atoms with Gasteiger partial charge >= 0.3 is 0 Å². The lowest BCUT2D eigenvalue weighted by molar-refractivity contribution is 0.150. The van der Waals surface area contributed by atoms with Gasteiger partial charge in [-0.05, 0) is 18.1 Å². The highest BCUT2D eigenvalue weighted by atomic mass is 16.5. The van der Waals surface area contributed by atoms with E-state index in [0.29, 0.717) is 6.04 Å². The molecule has 1 fully saturated rings. The van der Waals surface area contributed by atoms with Crippen molar-refractivity contribution in [2.75, 3.05) is 26.9 Å². The Morgan fingerprint density at radius 3 is 3.17 bits per heavy atom. The Kier molecular flexibility index (Phi) is 3.21. The predicted molar refractivity (Wildman–Crippen MR) is 71.0 cm³/mol. The van der Waals surface area contributed by atoms with E-state index in [1.165, 1.54) is 10.9 Å². The maximum atomic E-state index is 5.48. The lowest BCUT2D eigenvalue weighted by atomic mass is 10.0. The Morgan fingerprint density at radius 1 is 1.33 bits per heavy atom. The molecule has 0 amide bonds. The Morgan fingerprint density at radius 2 is 2.28 bits per heavy atom. The summed E-state index contributed by atoms with van der Waals surface area (Å²) in [6, 6.07) is 6.50. The maximum absolute atomic E-state index is 5.48. The molecule has 96 valence electrons. The van der Waals surface area contributed by atoms with Gasteiger partial charge in [0.2, 0.25) is 0 Å². The van der Waals surface area contributed by atoms with Crippen LogP contribution in [0.5, 0.6) is 5.75 Å². The summed E-state index contributed by atoms with van der Waals surface area (Å²) in [6.07, 6.45) is 3.08. The average Bonchev–Trinajstić information content (AvgIpc) is 2.66. The molecule has 18 heavy (non-hydrogen) atoms. The van der Waals surface area contributed by atoms with E-state index in [2.05, 4.69) is 22.6 Å². The molecule has 4 nitrogen and oxygen atoms in total. The highest BCUT2D eigenvalue weighted by Gasteiger charge is 2.18. The van der Waals surface area contributed by atoms with Crippen LogP contribution in [0.4, 0.5) is 0 Å². The summed E-state index contributed by atoms with van der Waals surface area (Å²) in [5.74, 6) is 0.892. The first-order chi connectivity index (χ1) is 8.90. The van der Waals surface area contributed by atoms with Gasteiger partial charge < -0.3 is 19.8 Å². The molecule has 1 unspecified atom stereocenters. The van der Waals surface area contributed by atoms with Crippen LogP contribution in [0.1, 0.15) is 18.0 Å². The maximum Gasteiger partial charge on any atom is 0.142 e. The van der Waals surface area contributed by atoms with Crippen molar-refractivity contribution >= 4 is 10.9 Å². The van der Waals surface area contributed by atoms with Crippen LogP contribution in [0, 0.1) is 0 Å². The number of hydrogen-bond donors (Lipinski definition) is 2. The standard InChI is InChI=1S/C14H18N2O2/c1-17-13-4-2-3-10-11(9-16-14(10)13)12-5-7-18-8-6-15-12/h2-4,9,12,15-16H,5-8H2,1H3. The Hall–Kier alpha value is -1.52. The molecular weight excluding hydrogens is 228 g/mol. The zero-order chi connectivity index (χ0) is 12.4. The molecule has 1 atom stereocenters. The molecule has 2 N–H and O–H groups in total. The molecule has 0 aliphatic carbocycles. The molecule has 1 aromatic heterocycles. The number of hydrogen-bond acceptors (Lipinski definition) is 3. The quantitative estimate of drug-likeness (QED) is 0.854. The van der Waals surface area contributed by atoms with Gasteiger partial charge in [0.25, 0.3) is 0 Å². The van der Waals surface area contributed by atoms with Crippen molar-refractivity contribution in [2.45, 2.75) is 12.5 Å². The predicted octanol–water partition coefficient (Wildman–Crippen LogP) is 2.23. The Bertz CT molecular complexity index is 528. The topological polar surface area (TPSA) is 46.3 Å². The van der Waals surface area contributed by atoms with Gasteiger partial charge in [0.1, 0.15) is 5.75 Å². The van der Waals surface area contributed by atoms with E-state index >= 15 is 0 Å². The molecule has 1 aliphatic rings. The fraction of sp³-hybridized carbons (Fsp3) is 0.429. The van der Waals surface area contributed by atoms with Crippen molar-refractivity contribution in [3.8, 4) is 5.75 Å². The number of para-hydroxylation sites is 1. The van der Waals surface area contributed by atoms with Crippen LogP contribution in [0.25, 0.3) is 10.9 Å². The van der Waals surface area contributed by atoms with E-state index in [1.807, 2.05) is 12.1 Å². The SMILES string of the molecule is COc1cccc2c(C3CCOCCN3)c[nH]c12. The van der Waals surface area contributed by atoms with Crippen LogP contribution in [0.15, 0.2) is 24.4 Å². The minimum Gasteiger partial charge on any atom is -0.495 e. The molecule has 1 aliphatic heterocycles. The van der Waals surface area contributed by atoms with Crippen molar-refractivity contribution < 1.29 is 9.47 Å². The zero-order valence-corrected chi connectivity index (χ0v) is 10.5. The lowest BCUT2D eigenvalue weighted by Gasteiger charge is -2.14. The van der Waals surface area contributed by atoms with Crippen LogP contribution in [-0.2, 0) is 4.74 Å². The third-order valence-corrected chi connectivity index (χ3v) is 3.49. The molecular formula is C14H18N2O2. The number of nitrogens with one attached hydrogen (secondary N) is 2. The van der Waals surface area contributed by atoms with Gasteiger partial charge in [0.15, 0.2) is 0 Å². The normalized spacial score (nSPS) is 20.8. The molecule has 1 saturated heterocycles. The molecule has 0 radical (unpaired) electrons. The van der Waals surface area contributed by atoms with E-state index in [1.54, 1.807) is 7.11 Å². The van der Waals surface area contributed by atoms with Crippen molar-refractivity contribution in [3.05, 3.63) is 30.0 Å². The summed E-state index contributed by atoms with van der Waals surface area (Å²) in [6.45, 7) is 2.51. The highest BCUT2D eigenvalue weighted by molar-refractivity contribution is 5.88. The molecule has 4 heteroatoms. The monoisotopic (exact) mass is 246 g/mol. The second-order valence-electron chi connectivity index (χ2n) is 4.53. The lowest BCUT2D eigenvalue weighted by Crippen LogP contribution is -2.21. The van der Waals surface area contributed by atoms with Gasteiger partial charge in [-0.2, -0.15) is 0 Å². The number of benzene rings is 1. The molecule has 2 aromatic rings. The first kappa shape index (κ1) is 11.6. The zero-order valence-electron chi connectivity index (χ0n) is 10.5. The number of aromatic nitrogens is 1. The molecule has 1 aromatic carbocycles. The van der Waals surface area contributed by atoms with Crippen LogP contribution >= 0.6 is 0 Å². The van der Waals surface area contributed by atoms with Crippen molar-refractivity contribution in [1.29, 1.82) is 0 Å². The van der Waals surface area contributed by atoms with Crippen LogP contribution < -0.4 is 10.1 Å². The van der Waals surface area contributed by atoms with Gasteiger partial charge in [-0.1, -0.05) is 12.1 Å². The average molecular weight is 246 g/mol. The molecule has 0 bridgehead atoms. The molecule has 2 heterocycles. The van der Waals surface area contributed by atoms with E-state index in [4.69, 9.17) is 9.47 Å². The second-order valence-corrected chi connectivity index (χ2v) is 4.53. The third kappa shape index (κ3) is 1.98. The van der Waals surface area contributed by atoms with Crippen molar-refractivity contribution in [1.82, 2.24) is 10.3 Å². The number of H-pyrrole nitrogens is 1. The van der Waals surface area contributed by atoms with Crippen LogP contribution in [0.2, 0.25) is 0 Å². The fourth-order valence-corrected chi connectivity index (χ4v) is 2.58. The van der Waals surface area contributed by atoms with Crippen molar-refractivity contribution in [3.63, 3.8) is 0 Å². The fourth-order valence-electron chi connectivity index (χ4n) is 2.58. The summed E-state index contributed by atoms with van der Waals surface area (Å²) < 4.78 is 10.9. The largest absolute Gasteiger partial charge is 0.495 e. The molecule has 0 saturated carbocycles. The van der Waals surface area contributed by atoms with Gasteiger partial charge in [0.05, 0.1) is 19.2 Å². The number of ether oxygens (including phenoxy) is 2. The van der Waals surface area contributed by atoms with Gasteiger partial charge in [-0.3, -0.25) is 0 Å². The van der Waals surface area contributed by atoms with E-state index < -0.39 is 0 Å². The number of rotatable bonds is 2. The van der Waals surface area contributed by atoms with E-state index in [9.17, 15) is 0 Å². The Balaban J connectivity index is 2.01. The Labute approximate surface area is 106 Å². The summed E-state index contributed by atoms with van der Waals surface area (Å²) in [5.41, 5.74) is 2.37. The van der Waals surface area contributed by atoms with Crippen LogP contribution in [0.3, 0.4) is 0 Å². The van der Waals surface area contributed by atoms with Gasteiger partial charge in [-0.25, -0.2) is 0 Å². The number of methoxy groups -OCH3 is 1. The van der Waals surface area contributed by atoms with E-state index in [0.717, 1.165) is 37.4 Å². The minimum absolute atomic E-state index is 0.355. The van der Waals surface area contributed by atoms with E-state index in [-0.39, 0.29) is 0 Å². The van der Waals surface area contributed by atoms with Crippen molar-refractivity contribution in [2.24, 2.45) is 0 Å². The minimum atomic E-state index is 0.355. The first-order valence-corrected chi connectivity index (χ1v) is 6.35. The number of aromatic amines is 1. The number of fused-ring (bicyclic) bond motifs is 1. The van der Waals surface area contributed by atoms with Gasteiger partial charge in [-0.15, -0.1) is 0 Å². The van der Waals surface area contributed by atoms with Crippen LogP contribution in [-0.4, -0.2) is 31.9 Å². The summed E-state index contributed by atoms with van der Waals surface area (Å²) in [5, 5.41) is 4.76. The molecule has 0 spiro atoms. The first-order valence-electron chi connectivity index (χ1n) is 6.35. The van der Waals surface area contributed by atoms with Gasteiger partial charge in [0, 0.05) is 30.8 Å². The highest BCUT2D eigenvalue weighted by Crippen LogP contribution is 2.31. The summed E-state index contributed by atoms with van der Waals surface area (Å²) in [7, 11) is 1.70. The summed E-state index contributed by atoms with van der Waals surface area (Å²) in [4.78, 5) is 3.32.